The number of hydrogen-bond donors (Lipinski definition) is 3. The number of aliphatic hydroxyl groups is 1. The minimum absolute atomic E-state index is 0.224. The van der Waals surface area contributed by atoms with Gasteiger partial charge in [-0.3, -0.25) is 14.3 Å². The summed E-state index contributed by atoms with van der Waals surface area (Å²) in [6, 6.07) is 0. The summed E-state index contributed by atoms with van der Waals surface area (Å²) < 4.78 is 2.92. The highest BCUT2D eigenvalue weighted by Gasteiger charge is 2.18. The SMILES string of the molecule is CC(C)CCNc1nc2c(c(=O)[nH]c(=O)n2C)n1C[C@@H](C)O. The number of rotatable bonds is 6. The van der Waals surface area contributed by atoms with Gasteiger partial charge in [0.1, 0.15) is 0 Å². The van der Waals surface area contributed by atoms with Crippen LogP contribution in [0.1, 0.15) is 27.2 Å². The van der Waals surface area contributed by atoms with Crippen molar-refractivity contribution in [1.82, 2.24) is 19.1 Å². The molecule has 0 spiro atoms. The lowest BCUT2D eigenvalue weighted by atomic mass is 10.1. The molecule has 1 atom stereocenters. The molecule has 2 heterocycles. The van der Waals surface area contributed by atoms with Crippen LogP contribution in [0.2, 0.25) is 0 Å². The van der Waals surface area contributed by atoms with Crippen LogP contribution in [0.15, 0.2) is 9.59 Å². The van der Waals surface area contributed by atoms with E-state index >= 15 is 0 Å². The molecule has 0 amide bonds. The number of H-pyrrole nitrogens is 1. The average molecular weight is 309 g/mol. The van der Waals surface area contributed by atoms with Crippen LogP contribution in [0.3, 0.4) is 0 Å². The predicted octanol–water partition coefficient (Wildman–Crippen LogP) is 0.262. The Kier molecular flexibility index (Phi) is 4.70. The van der Waals surface area contributed by atoms with Crippen LogP contribution in [0.4, 0.5) is 5.95 Å². The van der Waals surface area contributed by atoms with Gasteiger partial charge in [-0.1, -0.05) is 13.8 Å². The molecule has 3 N–H and O–H groups in total. The van der Waals surface area contributed by atoms with E-state index < -0.39 is 17.4 Å². The van der Waals surface area contributed by atoms with Crippen LogP contribution in [0.5, 0.6) is 0 Å². The summed E-state index contributed by atoms with van der Waals surface area (Å²) in [7, 11) is 1.55. The fourth-order valence-electron chi connectivity index (χ4n) is 2.28. The Labute approximate surface area is 127 Å². The highest BCUT2D eigenvalue weighted by atomic mass is 16.3. The van der Waals surface area contributed by atoms with Crippen molar-refractivity contribution in [2.45, 2.75) is 39.8 Å². The van der Waals surface area contributed by atoms with Crippen LogP contribution in [-0.4, -0.2) is 36.9 Å². The van der Waals surface area contributed by atoms with Crippen LogP contribution < -0.4 is 16.6 Å². The van der Waals surface area contributed by atoms with Gasteiger partial charge in [0.15, 0.2) is 11.2 Å². The number of anilines is 1. The van der Waals surface area contributed by atoms with Gasteiger partial charge in [-0.25, -0.2) is 4.79 Å². The molecule has 0 aliphatic rings. The zero-order valence-electron chi connectivity index (χ0n) is 13.4. The van der Waals surface area contributed by atoms with Gasteiger partial charge in [-0.2, -0.15) is 4.98 Å². The minimum Gasteiger partial charge on any atom is -0.392 e. The molecule has 0 aromatic carbocycles. The van der Waals surface area contributed by atoms with Crippen LogP contribution in [0.25, 0.3) is 11.2 Å². The van der Waals surface area contributed by atoms with Crippen molar-refractivity contribution in [1.29, 1.82) is 0 Å². The van der Waals surface area contributed by atoms with E-state index in [9.17, 15) is 14.7 Å². The van der Waals surface area contributed by atoms with E-state index in [1.165, 1.54) is 4.57 Å². The largest absolute Gasteiger partial charge is 0.392 e. The molecule has 0 bridgehead atoms. The maximum Gasteiger partial charge on any atom is 0.329 e. The third kappa shape index (κ3) is 3.22. The quantitative estimate of drug-likeness (QED) is 0.710. The van der Waals surface area contributed by atoms with Crippen molar-refractivity contribution in [2.75, 3.05) is 11.9 Å². The lowest BCUT2D eigenvalue weighted by Gasteiger charge is -2.12. The summed E-state index contributed by atoms with van der Waals surface area (Å²) in [5.74, 6) is 1.03. The van der Waals surface area contributed by atoms with E-state index in [1.54, 1.807) is 18.5 Å². The predicted molar refractivity (Wildman–Crippen MR) is 85.2 cm³/mol. The molecule has 2 aromatic rings. The minimum atomic E-state index is -0.639. The molecule has 0 aliphatic carbocycles. The topological polar surface area (TPSA) is 105 Å². The van der Waals surface area contributed by atoms with E-state index in [0.29, 0.717) is 24.1 Å². The van der Waals surface area contributed by atoms with Crippen LogP contribution in [-0.2, 0) is 13.6 Å². The van der Waals surface area contributed by atoms with E-state index in [2.05, 4.69) is 29.1 Å². The fraction of sp³-hybridized carbons (Fsp3) is 0.643. The van der Waals surface area contributed by atoms with Gasteiger partial charge in [0.05, 0.1) is 12.6 Å². The number of imidazole rings is 1. The standard InChI is InChI=1S/C14H23N5O3/c1-8(2)5-6-15-13-16-11-10(19(13)7-9(3)20)12(21)17-14(22)18(11)4/h8-9,20H,5-7H2,1-4H3,(H,15,16)(H,17,21,22)/t9-/m1/s1. The average Bonchev–Trinajstić information content (AvgIpc) is 2.74. The summed E-state index contributed by atoms with van der Waals surface area (Å²) in [6.07, 6.45) is 0.312. The van der Waals surface area contributed by atoms with Gasteiger partial charge in [0.25, 0.3) is 5.56 Å². The molecule has 0 unspecified atom stereocenters. The number of aryl methyl sites for hydroxylation is 1. The van der Waals surface area contributed by atoms with E-state index in [1.807, 2.05) is 0 Å². The van der Waals surface area contributed by atoms with Gasteiger partial charge in [0, 0.05) is 13.6 Å². The van der Waals surface area contributed by atoms with Gasteiger partial charge in [-0.15, -0.1) is 0 Å². The second kappa shape index (κ2) is 6.35. The fourth-order valence-corrected chi connectivity index (χ4v) is 2.28. The lowest BCUT2D eigenvalue weighted by molar-refractivity contribution is 0.175. The first-order chi connectivity index (χ1) is 10.3. The Morgan fingerprint density at radius 1 is 1.32 bits per heavy atom. The molecule has 0 saturated carbocycles. The first kappa shape index (κ1) is 16.3. The van der Waals surface area contributed by atoms with Crippen molar-refractivity contribution in [2.24, 2.45) is 13.0 Å². The molecular formula is C14H23N5O3. The Balaban J connectivity index is 2.54. The molecule has 0 saturated heterocycles. The van der Waals surface area contributed by atoms with Crippen molar-refractivity contribution in [3.63, 3.8) is 0 Å². The maximum atomic E-state index is 12.1. The molecule has 8 nitrogen and oxygen atoms in total. The Hall–Kier alpha value is -2.09. The Morgan fingerprint density at radius 2 is 2.00 bits per heavy atom. The van der Waals surface area contributed by atoms with E-state index in [0.717, 1.165) is 6.42 Å². The summed E-state index contributed by atoms with van der Waals surface area (Å²) in [5.41, 5.74) is -0.410. The molecule has 0 aliphatic heterocycles. The molecule has 2 aromatic heterocycles. The lowest BCUT2D eigenvalue weighted by Crippen LogP contribution is -2.29. The van der Waals surface area contributed by atoms with E-state index in [4.69, 9.17) is 0 Å². The zero-order valence-corrected chi connectivity index (χ0v) is 13.4. The van der Waals surface area contributed by atoms with Gasteiger partial charge < -0.3 is 15.0 Å². The second-order valence-electron chi connectivity index (χ2n) is 5.99. The molecule has 0 fully saturated rings. The first-order valence-corrected chi connectivity index (χ1v) is 7.42. The highest BCUT2D eigenvalue weighted by Crippen LogP contribution is 2.16. The number of aliphatic hydroxyl groups excluding tert-OH is 1. The third-order valence-electron chi connectivity index (χ3n) is 3.46. The number of aromatic nitrogens is 4. The first-order valence-electron chi connectivity index (χ1n) is 7.42. The van der Waals surface area contributed by atoms with Crippen molar-refractivity contribution >= 4 is 17.1 Å². The van der Waals surface area contributed by atoms with E-state index in [-0.39, 0.29) is 12.1 Å². The van der Waals surface area contributed by atoms with Crippen molar-refractivity contribution in [3.8, 4) is 0 Å². The number of hydrogen-bond acceptors (Lipinski definition) is 5. The van der Waals surface area contributed by atoms with Crippen LogP contribution in [0, 0.1) is 5.92 Å². The molecule has 0 radical (unpaired) electrons. The Bertz CT molecular complexity index is 769. The third-order valence-corrected chi connectivity index (χ3v) is 3.46. The zero-order chi connectivity index (χ0) is 16.4. The summed E-state index contributed by atoms with van der Waals surface area (Å²) in [6.45, 7) is 6.80. The smallest absolute Gasteiger partial charge is 0.329 e. The van der Waals surface area contributed by atoms with Gasteiger partial charge in [0.2, 0.25) is 5.95 Å². The Morgan fingerprint density at radius 3 is 2.59 bits per heavy atom. The number of aromatic amines is 1. The number of nitrogens with zero attached hydrogens (tertiary/aromatic N) is 3. The second-order valence-corrected chi connectivity index (χ2v) is 5.99. The maximum absolute atomic E-state index is 12.1. The normalized spacial score (nSPS) is 13.0. The van der Waals surface area contributed by atoms with Crippen molar-refractivity contribution in [3.05, 3.63) is 20.8 Å². The molecule has 22 heavy (non-hydrogen) atoms. The number of nitrogens with one attached hydrogen (secondary N) is 2. The van der Waals surface area contributed by atoms with Gasteiger partial charge >= 0.3 is 5.69 Å². The molecule has 2 rings (SSSR count). The summed E-state index contributed by atoms with van der Waals surface area (Å²) in [4.78, 5) is 30.4. The van der Waals surface area contributed by atoms with Gasteiger partial charge in [-0.05, 0) is 19.3 Å². The van der Waals surface area contributed by atoms with Crippen LogP contribution >= 0.6 is 0 Å². The van der Waals surface area contributed by atoms with Crippen molar-refractivity contribution < 1.29 is 5.11 Å². The highest BCUT2D eigenvalue weighted by molar-refractivity contribution is 5.74. The monoisotopic (exact) mass is 309 g/mol. The molecular weight excluding hydrogens is 286 g/mol. The molecule has 122 valence electrons. The summed E-state index contributed by atoms with van der Waals surface area (Å²) >= 11 is 0. The number of fused-ring (bicyclic) bond motifs is 1. The summed E-state index contributed by atoms with van der Waals surface area (Å²) in [5, 5.41) is 12.9. The molecule has 8 heteroatoms.